The number of anilines is 1. The fourth-order valence-electron chi connectivity index (χ4n) is 3.80. The van der Waals surface area contributed by atoms with Crippen molar-refractivity contribution >= 4 is 23.2 Å². The Hall–Kier alpha value is -3.35. The predicted octanol–water partition coefficient (Wildman–Crippen LogP) is 4.61. The van der Waals surface area contributed by atoms with Crippen LogP contribution in [-0.4, -0.2) is 36.8 Å². The molecule has 0 bridgehead atoms. The van der Waals surface area contributed by atoms with E-state index < -0.39 is 0 Å². The van der Waals surface area contributed by atoms with Gasteiger partial charge in [-0.2, -0.15) is 5.10 Å². The molecule has 7 heteroatoms. The van der Waals surface area contributed by atoms with Gasteiger partial charge < -0.3 is 14.8 Å². The first kappa shape index (κ1) is 23.3. The third-order valence-electron chi connectivity index (χ3n) is 5.52. The number of hydrogen-bond acceptors (Lipinski definition) is 5. The van der Waals surface area contributed by atoms with Gasteiger partial charge in [0.2, 0.25) is 11.8 Å². The maximum atomic E-state index is 12.8. The van der Waals surface area contributed by atoms with Crippen molar-refractivity contribution in [2.24, 2.45) is 11.0 Å². The average Bonchev–Trinajstić information content (AvgIpc) is 2.80. The molecule has 2 aromatic rings. The van der Waals surface area contributed by atoms with E-state index in [1.54, 1.807) is 14.2 Å². The Morgan fingerprint density at radius 1 is 1.12 bits per heavy atom. The second kappa shape index (κ2) is 10.8. The third kappa shape index (κ3) is 5.46. The van der Waals surface area contributed by atoms with E-state index in [0.717, 1.165) is 35.4 Å². The lowest BCUT2D eigenvalue weighted by Gasteiger charge is -2.29. The molecule has 1 aliphatic rings. The van der Waals surface area contributed by atoms with Gasteiger partial charge in [-0.05, 0) is 48.7 Å². The molecular formula is C25H31N3O4. The first-order valence-corrected chi connectivity index (χ1v) is 11.0. The zero-order chi connectivity index (χ0) is 23.1. The van der Waals surface area contributed by atoms with Crippen LogP contribution in [0, 0.1) is 5.92 Å². The Morgan fingerprint density at radius 2 is 1.91 bits per heavy atom. The lowest BCUT2D eigenvalue weighted by Crippen LogP contribution is -2.36. The molecule has 0 fully saturated rings. The molecule has 2 aromatic carbocycles. The number of ether oxygens (including phenoxy) is 2. The molecule has 7 nitrogen and oxygen atoms in total. The summed E-state index contributed by atoms with van der Waals surface area (Å²) in [4.78, 5) is 24.7. The van der Waals surface area contributed by atoms with Crippen LogP contribution in [0.4, 0.5) is 5.69 Å². The van der Waals surface area contributed by atoms with Gasteiger partial charge in [0.25, 0.3) is 0 Å². The monoisotopic (exact) mass is 437 g/mol. The number of rotatable bonds is 9. The van der Waals surface area contributed by atoms with Crippen LogP contribution in [0.3, 0.4) is 0 Å². The Morgan fingerprint density at radius 3 is 2.59 bits per heavy atom. The fraction of sp³-hybridized carbons (Fsp3) is 0.400. The van der Waals surface area contributed by atoms with Gasteiger partial charge in [0, 0.05) is 30.0 Å². The quantitative estimate of drug-likeness (QED) is 0.621. The van der Waals surface area contributed by atoms with E-state index in [0.29, 0.717) is 30.9 Å². The summed E-state index contributed by atoms with van der Waals surface area (Å²) in [5.74, 6) is 1.29. The summed E-state index contributed by atoms with van der Waals surface area (Å²) in [5, 5.41) is 9.17. The largest absolute Gasteiger partial charge is 0.493 e. The van der Waals surface area contributed by atoms with Gasteiger partial charge in [-0.15, -0.1) is 0 Å². The van der Waals surface area contributed by atoms with Crippen molar-refractivity contribution in [2.75, 3.05) is 19.5 Å². The molecule has 0 radical (unpaired) electrons. The maximum absolute atomic E-state index is 12.8. The summed E-state index contributed by atoms with van der Waals surface area (Å²) < 4.78 is 10.8. The summed E-state index contributed by atoms with van der Waals surface area (Å²) in [7, 11) is 3.20. The van der Waals surface area contributed by atoms with Gasteiger partial charge >= 0.3 is 0 Å². The smallest absolute Gasteiger partial charge is 0.243 e. The minimum absolute atomic E-state index is 0.0125. The molecular weight excluding hydrogens is 406 g/mol. The molecule has 0 aromatic heterocycles. The molecule has 1 N–H and O–H groups in total. The summed E-state index contributed by atoms with van der Waals surface area (Å²) >= 11 is 0. The van der Waals surface area contributed by atoms with Gasteiger partial charge in [-0.3, -0.25) is 9.59 Å². The Labute approximate surface area is 189 Å². The van der Waals surface area contributed by atoms with Crippen molar-refractivity contribution in [1.29, 1.82) is 0 Å². The zero-order valence-electron chi connectivity index (χ0n) is 19.2. The summed E-state index contributed by atoms with van der Waals surface area (Å²) in [6.07, 6.45) is 2.48. The van der Waals surface area contributed by atoms with E-state index in [9.17, 15) is 9.59 Å². The van der Waals surface area contributed by atoms with Crippen molar-refractivity contribution in [2.45, 2.75) is 46.1 Å². The Balaban J connectivity index is 1.87. The van der Waals surface area contributed by atoms with E-state index in [1.807, 2.05) is 49.4 Å². The highest BCUT2D eigenvalue weighted by Crippen LogP contribution is 2.31. The van der Waals surface area contributed by atoms with Crippen LogP contribution in [0.25, 0.3) is 0 Å². The Bertz CT molecular complexity index is 1000. The number of hydrogen-bond donors (Lipinski definition) is 1. The summed E-state index contributed by atoms with van der Waals surface area (Å²) in [6.45, 7) is 4.37. The number of amides is 2. The fourth-order valence-corrected chi connectivity index (χ4v) is 3.80. The molecule has 1 unspecified atom stereocenters. The summed E-state index contributed by atoms with van der Waals surface area (Å²) in [5.41, 5.74) is 3.40. The van der Waals surface area contributed by atoms with Crippen LogP contribution in [0.2, 0.25) is 0 Å². The molecule has 0 saturated heterocycles. The zero-order valence-corrected chi connectivity index (χ0v) is 19.2. The molecule has 0 saturated carbocycles. The highest BCUT2D eigenvalue weighted by atomic mass is 16.5. The van der Waals surface area contributed by atoms with Crippen LogP contribution in [-0.2, 0) is 16.1 Å². The molecule has 0 aliphatic carbocycles. The standard InChI is InChI=1S/C25H31N3O4/c1-5-8-23(29)26-20-10-7-9-17(13-20)16-28-24(30)15-18(6-2)25(27-28)19-11-12-21(31-3)22(14-19)32-4/h7,9-14,18H,5-6,8,15-16H2,1-4H3,(H,26,29). The highest BCUT2D eigenvalue weighted by molar-refractivity contribution is 6.06. The minimum Gasteiger partial charge on any atom is -0.493 e. The van der Waals surface area contributed by atoms with Crippen LogP contribution in [0.1, 0.15) is 50.7 Å². The topological polar surface area (TPSA) is 80.2 Å². The van der Waals surface area contributed by atoms with Gasteiger partial charge in [-0.1, -0.05) is 26.0 Å². The number of carbonyl (C=O) groups is 2. The lowest BCUT2D eigenvalue weighted by molar-refractivity contribution is -0.133. The Kier molecular flexibility index (Phi) is 7.87. The predicted molar refractivity (Wildman–Crippen MR) is 125 cm³/mol. The van der Waals surface area contributed by atoms with E-state index >= 15 is 0 Å². The number of methoxy groups -OCH3 is 2. The van der Waals surface area contributed by atoms with E-state index in [1.165, 1.54) is 5.01 Å². The molecule has 1 atom stereocenters. The SMILES string of the molecule is CCCC(=O)Nc1cccc(CN2N=C(c3ccc(OC)c(OC)c3)C(CC)CC2=O)c1. The van der Waals surface area contributed by atoms with Crippen LogP contribution < -0.4 is 14.8 Å². The number of nitrogens with one attached hydrogen (secondary N) is 1. The second-order valence-electron chi connectivity index (χ2n) is 7.81. The van der Waals surface area contributed by atoms with Crippen molar-refractivity contribution in [3.8, 4) is 11.5 Å². The van der Waals surface area contributed by atoms with E-state index in [4.69, 9.17) is 14.6 Å². The minimum atomic E-state index is -0.0155. The highest BCUT2D eigenvalue weighted by Gasteiger charge is 2.29. The molecule has 1 aliphatic heterocycles. The van der Waals surface area contributed by atoms with Gasteiger partial charge in [-0.25, -0.2) is 5.01 Å². The van der Waals surface area contributed by atoms with E-state index in [2.05, 4.69) is 12.2 Å². The third-order valence-corrected chi connectivity index (χ3v) is 5.52. The van der Waals surface area contributed by atoms with Crippen molar-refractivity contribution in [1.82, 2.24) is 5.01 Å². The van der Waals surface area contributed by atoms with Gasteiger partial charge in [0.05, 0.1) is 26.5 Å². The first-order chi connectivity index (χ1) is 15.5. The number of carbonyl (C=O) groups excluding carboxylic acids is 2. The van der Waals surface area contributed by atoms with Gasteiger partial charge in [0.1, 0.15) is 0 Å². The number of hydrazone groups is 1. The molecule has 170 valence electrons. The molecule has 0 spiro atoms. The molecule has 32 heavy (non-hydrogen) atoms. The molecule has 2 amide bonds. The summed E-state index contributed by atoms with van der Waals surface area (Å²) in [6, 6.07) is 13.2. The van der Waals surface area contributed by atoms with Crippen LogP contribution in [0.5, 0.6) is 11.5 Å². The molecule has 1 heterocycles. The number of nitrogens with zero attached hydrogens (tertiary/aromatic N) is 2. The normalized spacial score (nSPS) is 15.9. The second-order valence-corrected chi connectivity index (χ2v) is 7.81. The molecule has 3 rings (SSSR count). The maximum Gasteiger partial charge on any atom is 0.243 e. The van der Waals surface area contributed by atoms with Crippen LogP contribution in [0.15, 0.2) is 47.6 Å². The van der Waals surface area contributed by atoms with Gasteiger partial charge in [0.15, 0.2) is 11.5 Å². The van der Waals surface area contributed by atoms with Crippen molar-refractivity contribution in [3.05, 3.63) is 53.6 Å². The van der Waals surface area contributed by atoms with Crippen molar-refractivity contribution < 1.29 is 19.1 Å². The lowest BCUT2D eigenvalue weighted by atomic mass is 9.89. The first-order valence-electron chi connectivity index (χ1n) is 11.0. The average molecular weight is 438 g/mol. The number of benzene rings is 2. The van der Waals surface area contributed by atoms with Crippen molar-refractivity contribution in [3.63, 3.8) is 0 Å². The van der Waals surface area contributed by atoms with E-state index in [-0.39, 0.29) is 17.7 Å². The van der Waals surface area contributed by atoms with Crippen LogP contribution >= 0.6 is 0 Å².